The van der Waals surface area contributed by atoms with Crippen molar-refractivity contribution in [3.8, 4) is 0 Å². The number of ether oxygens (including phenoxy) is 1. The van der Waals surface area contributed by atoms with Crippen LogP contribution in [0.3, 0.4) is 0 Å². The number of methoxy groups -OCH3 is 1. The average Bonchev–Trinajstić information content (AvgIpc) is 3.24. The summed E-state index contributed by atoms with van der Waals surface area (Å²) in [7, 11) is 1.85. The Hall–Kier alpha value is -0.970. The lowest BCUT2D eigenvalue weighted by atomic mass is 10.0. The van der Waals surface area contributed by atoms with E-state index >= 15 is 0 Å². The Morgan fingerprint density at radius 2 is 2.19 bits per heavy atom. The molecule has 3 rings (SSSR count). The van der Waals surface area contributed by atoms with Crippen LogP contribution in [0.2, 0.25) is 0 Å². The molecule has 2 atom stereocenters. The predicted octanol–water partition coefficient (Wildman–Crippen LogP) is 3.63. The van der Waals surface area contributed by atoms with Gasteiger partial charge in [0.1, 0.15) is 0 Å². The summed E-state index contributed by atoms with van der Waals surface area (Å²) in [4.78, 5) is 4.78. The highest BCUT2D eigenvalue weighted by atomic mass is 32.1. The number of benzene rings is 1. The van der Waals surface area contributed by atoms with E-state index in [0.717, 1.165) is 30.8 Å². The van der Waals surface area contributed by atoms with Gasteiger partial charge in [0, 0.05) is 19.6 Å². The lowest BCUT2D eigenvalue weighted by molar-refractivity contribution is 0.0511. The van der Waals surface area contributed by atoms with Crippen LogP contribution in [-0.4, -0.2) is 30.8 Å². The second kappa shape index (κ2) is 6.86. The van der Waals surface area contributed by atoms with Gasteiger partial charge < -0.3 is 10.1 Å². The number of aromatic nitrogens is 1. The minimum absolute atomic E-state index is 0.323. The number of hydrogen-bond donors (Lipinski definition) is 1. The van der Waals surface area contributed by atoms with E-state index in [2.05, 4.69) is 36.5 Å². The third-order valence-corrected chi connectivity index (χ3v) is 5.20. The summed E-state index contributed by atoms with van der Waals surface area (Å²) >= 11 is 1.81. The quantitative estimate of drug-likeness (QED) is 0.808. The molecule has 0 amide bonds. The second-order valence-corrected chi connectivity index (χ2v) is 6.99. The maximum atomic E-state index is 5.79. The summed E-state index contributed by atoms with van der Waals surface area (Å²) in [6.07, 6.45) is 5.06. The molecule has 21 heavy (non-hydrogen) atoms. The Morgan fingerprint density at radius 3 is 2.86 bits per heavy atom. The molecular weight excluding hydrogens is 280 g/mol. The summed E-state index contributed by atoms with van der Waals surface area (Å²) in [5, 5.41) is 4.89. The summed E-state index contributed by atoms with van der Waals surface area (Å²) in [6.45, 7) is 3.25. The van der Waals surface area contributed by atoms with Gasteiger partial charge in [0.25, 0.3) is 0 Å². The summed E-state index contributed by atoms with van der Waals surface area (Å²) in [5.41, 5.74) is 1.12. The van der Waals surface area contributed by atoms with Crippen LogP contribution >= 0.6 is 11.3 Å². The van der Waals surface area contributed by atoms with Crippen molar-refractivity contribution in [3.05, 3.63) is 29.3 Å². The fourth-order valence-electron chi connectivity index (χ4n) is 2.94. The fraction of sp³-hybridized carbons (Fsp3) is 0.588. The zero-order valence-corrected chi connectivity index (χ0v) is 13.7. The van der Waals surface area contributed by atoms with E-state index in [1.165, 1.54) is 22.5 Å². The molecule has 0 bridgehead atoms. The Labute approximate surface area is 130 Å². The van der Waals surface area contributed by atoms with Crippen molar-refractivity contribution in [1.82, 2.24) is 10.3 Å². The number of thiazole rings is 1. The number of fused-ring (bicyclic) bond motifs is 1. The van der Waals surface area contributed by atoms with Gasteiger partial charge in [-0.15, -0.1) is 11.3 Å². The molecule has 0 saturated heterocycles. The lowest BCUT2D eigenvalue weighted by Crippen LogP contribution is -2.44. The third-order valence-electron chi connectivity index (χ3n) is 4.14. The Morgan fingerprint density at radius 1 is 1.38 bits per heavy atom. The first-order valence-electron chi connectivity index (χ1n) is 7.92. The Kier molecular flexibility index (Phi) is 4.88. The van der Waals surface area contributed by atoms with Crippen LogP contribution in [-0.2, 0) is 11.2 Å². The molecule has 1 aromatic heterocycles. The number of para-hydroxylation sites is 1. The third kappa shape index (κ3) is 3.62. The Bertz CT molecular complexity index is 546. The maximum Gasteiger partial charge on any atom is 0.0955 e. The minimum atomic E-state index is 0.323. The van der Waals surface area contributed by atoms with Crippen molar-refractivity contribution in [2.45, 2.75) is 44.8 Å². The van der Waals surface area contributed by atoms with Gasteiger partial charge >= 0.3 is 0 Å². The SMILES string of the molecule is CCCNC(Cc1nc2ccccc2s1)C(OC)C1CC1. The molecule has 1 aliphatic carbocycles. The van der Waals surface area contributed by atoms with Gasteiger partial charge in [0.05, 0.1) is 21.3 Å². The number of nitrogens with zero attached hydrogens (tertiary/aromatic N) is 1. The van der Waals surface area contributed by atoms with Gasteiger partial charge in [-0.05, 0) is 43.9 Å². The monoisotopic (exact) mass is 304 g/mol. The van der Waals surface area contributed by atoms with Crippen LogP contribution in [0, 0.1) is 5.92 Å². The zero-order valence-electron chi connectivity index (χ0n) is 12.8. The molecule has 1 N–H and O–H groups in total. The molecule has 114 valence electrons. The van der Waals surface area contributed by atoms with Crippen molar-refractivity contribution in [2.75, 3.05) is 13.7 Å². The molecule has 2 unspecified atom stereocenters. The molecule has 0 spiro atoms. The first-order chi connectivity index (χ1) is 10.3. The number of hydrogen-bond acceptors (Lipinski definition) is 4. The second-order valence-electron chi connectivity index (χ2n) is 5.88. The molecule has 3 nitrogen and oxygen atoms in total. The van der Waals surface area contributed by atoms with E-state index in [1.807, 2.05) is 18.4 Å². The van der Waals surface area contributed by atoms with Crippen LogP contribution in [0.4, 0.5) is 0 Å². The highest BCUT2D eigenvalue weighted by Crippen LogP contribution is 2.36. The van der Waals surface area contributed by atoms with Crippen molar-refractivity contribution < 1.29 is 4.74 Å². The van der Waals surface area contributed by atoms with Gasteiger partial charge in [-0.25, -0.2) is 4.98 Å². The van der Waals surface area contributed by atoms with Crippen molar-refractivity contribution in [1.29, 1.82) is 0 Å². The Balaban J connectivity index is 1.75. The predicted molar refractivity (Wildman–Crippen MR) is 88.9 cm³/mol. The van der Waals surface area contributed by atoms with Crippen LogP contribution in [0.25, 0.3) is 10.2 Å². The summed E-state index contributed by atoms with van der Waals surface area (Å²) < 4.78 is 7.07. The van der Waals surface area contributed by atoms with E-state index in [0.29, 0.717) is 12.1 Å². The highest BCUT2D eigenvalue weighted by molar-refractivity contribution is 7.18. The molecule has 1 saturated carbocycles. The largest absolute Gasteiger partial charge is 0.380 e. The van der Waals surface area contributed by atoms with Crippen LogP contribution in [0.1, 0.15) is 31.2 Å². The molecule has 2 aromatic rings. The lowest BCUT2D eigenvalue weighted by Gasteiger charge is -2.26. The summed E-state index contributed by atoms with van der Waals surface area (Å²) in [6, 6.07) is 8.76. The molecule has 1 fully saturated rings. The van der Waals surface area contributed by atoms with Gasteiger partial charge in [-0.2, -0.15) is 0 Å². The van der Waals surface area contributed by atoms with E-state index in [4.69, 9.17) is 9.72 Å². The molecule has 1 aromatic carbocycles. The maximum absolute atomic E-state index is 5.79. The zero-order chi connectivity index (χ0) is 14.7. The molecule has 4 heteroatoms. The van der Waals surface area contributed by atoms with E-state index in [9.17, 15) is 0 Å². The van der Waals surface area contributed by atoms with Gasteiger partial charge in [-0.3, -0.25) is 0 Å². The van der Waals surface area contributed by atoms with E-state index in [1.54, 1.807) is 0 Å². The number of rotatable bonds is 8. The average molecular weight is 304 g/mol. The topological polar surface area (TPSA) is 34.2 Å². The van der Waals surface area contributed by atoms with Gasteiger partial charge in [0.15, 0.2) is 0 Å². The van der Waals surface area contributed by atoms with Gasteiger partial charge in [0.2, 0.25) is 0 Å². The molecule has 1 aliphatic rings. The van der Waals surface area contributed by atoms with Crippen molar-refractivity contribution >= 4 is 21.6 Å². The minimum Gasteiger partial charge on any atom is -0.380 e. The smallest absolute Gasteiger partial charge is 0.0955 e. The molecule has 1 heterocycles. The standard InChI is InChI=1S/C17H24N2OS/c1-3-10-18-14(17(20-2)12-8-9-12)11-16-19-13-6-4-5-7-15(13)21-16/h4-7,12,14,17-18H,3,8-11H2,1-2H3. The van der Waals surface area contributed by atoms with Crippen LogP contribution < -0.4 is 5.32 Å². The molecule has 0 radical (unpaired) electrons. The molecular formula is C17H24N2OS. The fourth-order valence-corrected chi connectivity index (χ4v) is 3.97. The van der Waals surface area contributed by atoms with Crippen molar-refractivity contribution in [2.24, 2.45) is 5.92 Å². The van der Waals surface area contributed by atoms with E-state index in [-0.39, 0.29) is 0 Å². The van der Waals surface area contributed by atoms with Crippen molar-refractivity contribution in [3.63, 3.8) is 0 Å². The first kappa shape index (κ1) is 14.9. The van der Waals surface area contributed by atoms with Crippen LogP contribution in [0.5, 0.6) is 0 Å². The normalized spacial score (nSPS) is 18.0. The molecule has 0 aliphatic heterocycles. The first-order valence-corrected chi connectivity index (χ1v) is 8.74. The number of nitrogens with one attached hydrogen (secondary N) is 1. The highest BCUT2D eigenvalue weighted by Gasteiger charge is 2.36. The summed E-state index contributed by atoms with van der Waals surface area (Å²) in [5.74, 6) is 0.735. The van der Waals surface area contributed by atoms with Crippen LogP contribution in [0.15, 0.2) is 24.3 Å². The van der Waals surface area contributed by atoms with Gasteiger partial charge in [-0.1, -0.05) is 19.1 Å². The van der Waals surface area contributed by atoms with E-state index < -0.39 is 0 Å².